The first-order chi connectivity index (χ1) is 8.10. The molecule has 0 aromatic heterocycles. The van der Waals surface area contributed by atoms with Crippen LogP contribution in [0.25, 0.3) is 0 Å². The Hall–Kier alpha value is -2.22. The lowest BCUT2D eigenvalue weighted by molar-refractivity contribution is -0.126. The molecule has 90 valence electrons. The first kappa shape index (κ1) is 12.8. The lowest BCUT2D eigenvalue weighted by Gasteiger charge is -2.14. The van der Waals surface area contributed by atoms with Crippen LogP contribution in [0.5, 0.6) is 5.75 Å². The molecule has 0 aliphatic carbocycles. The van der Waals surface area contributed by atoms with Crippen molar-refractivity contribution in [3.05, 3.63) is 23.8 Å². The van der Waals surface area contributed by atoms with Gasteiger partial charge in [0.15, 0.2) is 0 Å². The fourth-order valence-electron chi connectivity index (χ4n) is 1.30. The van der Waals surface area contributed by atoms with Crippen molar-refractivity contribution in [1.29, 1.82) is 5.26 Å². The van der Waals surface area contributed by atoms with E-state index in [-0.39, 0.29) is 12.5 Å². The fourth-order valence-corrected chi connectivity index (χ4v) is 1.30. The Labute approximate surface area is 101 Å². The van der Waals surface area contributed by atoms with E-state index in [1.165, 1.54) is 12.0 Å². The maximum atomic E-state index is 11.5. The summed E-state index contributed by atoms with van der Waals surface area (Å²) in [7, 11) is 4.88. The molecule has 0 saturated carbocycles. The molecule has 5 heteroatoms. The largest absolute Gasteiger partial charge is 0.495 e. The molecule has 0 aliphatic rings. The van der Waals surface area contributed by atoms with Crippen molar-refractivity contribution in [2.45, 2.75) is 0 Å². The third-order valence-electron chi connectivity index (χ3n) is 2.28. The summed E-state index contributed by atoms with van der Waals surface area (Å²) in [5, 5.41) is 11.9. The van der Waals surface area contributed by atoms with E-state index in [1.54, 1.807) is 32.3 Å². The first-order valence-corrected chi connectivity index (χ1v) is 5.11. The highest BCUT2D eigenvalue weighted by molar-refractivity contribution is 5.82. The number of nitrogens with one attached hydrogen (secondary N) is 1. The predicted molar refractivity (Wildman–Crippen MR) is 64.9 cm³/mol. The van der Waals surface area contributed by atoms with Crippen LogP contribution in [0.2, 0.25) is 0 Å². The number of ether oxygens (including phenoxy) is 1. The monoisotopic (exact) mass is 233 g/mol. The van der Waals surface area contributed by atoms with Crippen LogP contribution in [0.15, 0.2) is 18.2 Å². The van der Waals surface area contributed by atoms with E-state index in [4.69, 9.17) is 10.00 Å². The molecule has 17 heavy (non-hydrogen) atoms. The lowest BCUT2D eigenvalue weighted by atomic mass is 10.2. The zero-order valence-electron chi connectivity index (χ0n) is 10.2. The minimum atomic E-state index is -0.0696. The number of anilines is 1. The molecule has 1 aromatic rings. The van der Waals surface area contributed by atoms with Gasteiger partial charge >= 0.3 is 0 Å². The Morgan fingerprint density at radius 3 is 2.76 bits per heavy atom. The van der Waals surface area contributed by atoms with Crippen LogP contribution in [-0.2, 0) is 4.79 Å². The van der Waals surface area contributed by atoms with Gasteiger partial charge in [-0.1, -0.05) is 6.07 Å². The molecule has 5 nitrogen and oxygen atoms in total. The Morgan fingerprint density at radius 1 is 1.53 bits per heavy atom. The SMILES string of the molecule is COc1cccc(C#N)c1NCC(=O)N(C)C. The van der Waals surface area contributed by atoms with E-state index >= 15 is 0 Å². The summed E-state index contributed by atoms with van der Waals surface area (Å²) in [5.74, 6) is 0.482. The number of hydrogen-bond donors (Lipinski definition) is 1. The Kier molecular flexibility index (Phi) is 4.35. The molecule has 0 spiro atoms. The second-order valence-corrected chi connectivity index (χ2v) is 3.64. The highest BCUT2D eigenvalue weighted by Crippen LogP contribution is 2.27. The maximum absolute atomic E-state index is 11.5. The van der Waals surface area contributed by atoms with Gasteiger partial charge < -0.3 is 15.0 Å². The molecule has 0 fully saturated rings. The molecular weight excluding hydrogens is 218 g/mol. The van der Waals surface area contributed by atoms with Gasteiger partial charge in [0.1, 0.15) is 11.8 Å². The number of nitrogens with zero attached hydrogens (tertiary/aromatic N) is 2. The topological polar surface area (TPSA) is 65.4 Å². The molecule has 1 N–H and O–H groups in total. The van der Waals surface area contributed by atoms with Crippen LogP contribution in [-0.4, -0.2) is 38.6 Å². The number of para-hydroxylation sites is 1. The summed E-state index contributed by atoms with van der Waals surface area (Å²) in [4.78, 5) is 12.9. The van der Waals surface area contributed by atoms with Gasteiger partial charge in [0.05, 0.1) is 24.9 Å². The zero-order chi connectivity index (χ0) is 12.8. The Morgan fingerprint density at radius 2 is 2.24 bits per heavy atom. The molecular formula is C12H15N3O2. The van der Waals surface area contributed by atoms with Crippen molar-refractivity contribution >= 4 is 11.6 Å². The number of hydrogen-bond acceptors (Lipinski definition) is 4. The van der Waals surface area contributed by atoms with Gasteiger partial charge in [0, 0.05) is 14.1 Å². The van der Waals surface area contributed by atoms with Crippen LogP contribution in [0.4, 0.5) is 5.69 Å². The number of carbonyl (C=O) groups excluding carboxylic acids is 1. The fraction of sp³-hybridized carbons (Fsp3) is 0.333. The van der Waals surface area contributed by atoms with E-state index < -0.39 is 0 Å². The molecule has 1 amide bonds. The first-order valence-electron chi connectivity index (χ1n) is 5.11. The number of carbonyl (C=O) groups is 1. The Bertz CT molecular complexity index is 450. The summed E-state index contributed by atoms with van der Waals surface area (Å²) >= 11 is 0. The number of methoxy groups -OCH3 is 1. The lowest BCUT2D eigenvalue weighted by Crippen LogP contribution is -2.28. The summed E-state index contributed by atoms with van der Waals surface area (Å²) < 4.78 is 5.14. The van der Waals surface area contributed by atoms with Crippen LogP contribution >= 0.6 is 0 Å². The van der Waals surface area contributed by atoms with E-state index in [0.29, 0.717) is 17.0 Å². The third kappa shape index (κ3) is 3.11. The van der Waals surface area contributed by atoms with Gasteiger partial charge in [-0.2, -0.15) is 5.26 Å². The molecule has 1 aromatic carbocycles. The molecule has 0 bridgehead atoms. The van der Waals surface area contributed by atoms with Gasteiger partial charge in [-0.3, -0.25) is 4.79 Å². The summed E-state index contributed by atoms with van der Waals surface area (Å²) in [6.45, 7) is 0.127. The van der Waals surface area contributed by atoms with E-state index in [9.17, 15) is 4.79 Å². The number of nitriles is 1. The quantitative estimate of drug-likeness (QED) is 0.844. The van der Waals surface area contributed by atoms with Crippen molar-refractivity contribution < 1.29 is 9.53 Å². The summed E-state index contributed by atoms with van der Waals surface area (Å²) in [6.07, 6.45) is 0. The molecule has 0 saturated heterocycles. The van der Waals surface area contributed by atoms with Crippen molar-refractivity contribution in [3.8, 4) is 11.8 Å². The second kappa shape index (κ2) is 5.75. The molecule has 0 aliphatic heterocycles. The molecule has 0 heterocycles. The molecule has 0 unspecified atom stereocenters. The van der Waals surface area contributed by atoms with Gasteiger partial charge in [-0.25, -0.2) is 0 Å². The Balaban J connectivity index is 2.89. The van der Waals surface area contributed by atoms with Crippen molar-refractivity contribution in [2.75, 3.05) is 33.1 Å². The van der Waals surface area contributed by atoms with Crippen molar-refractivity contribution in [3.63, 3.8) is 0 Å². The summed E-state index contributed by atoms with van der Waals surface area (Å²) in [6, 6.07) is 7.20. The smallest absolute Gasteiger partial charge is 0.241 e. The average molecular weight is 233 g/mol. The van der Waals surface area contributed by atoms with Crippen LogP contribution in [0.1, 0.15) is 5.56 Å². The standard InChI is InChI=1S/C12H15N3O2/c1-15(2)11(16)8-14-12-9(7-13)5-4-6-10(12)17-3/h4-6,14H,8H2,1-3H3. The van der Waals surface area contributed by atoms with Crippen LogP contribution in [0.3, 0.4) is 0 Å². The predicted octanol–water partition coefficient (Wildman–Crippen LogP) is 1.07. The number of rotatable bonds is 4. The number of likely N-dealkylation sites (N-methyl/N-ethyl adjacent to an activating group) is 1. The van der Waals surface area contributed by atoms with Crippen LogP contribution < -0.4 is 10.1 Å². The summed E-state index contributed by atoms with van der Waals surface area (Å²) in [5.41, 5.74) is 1.00. The third-order valence-corrected chi connectivity index (χ3v) is 2.28. The van der Waals surface area contributed by atoms with E-state index in [2.05, 4.69) is 11.4 Å². The molecule has 1 rings (SSSR count). The van der Waals surface area contributed by atoms with Crippen LogP contribution in [0, 0.1) is 11.3 Å². The average Bonchev–Trinajstić information content (AvgIpc) is 2.34. The van der Waals surface area contributed by atoms with Gasteiger partial charge in [0.25, 0.3) is 0 Å². The second-order valence-electron chi connectivity index (χ2n) is 3.64. The van der Waals surface area contributed by atoms with Gasteiger partial charge in [-0.15, -0.1) is 0 Å². The minimum absolute atomic E-state index is 0.0696. The van der Waals surface area contributed by atoms with E-state index in [0.717, 1.165) is 0 Å². The highest BCUT2D eigenvalue weighted by atomic mass is 16.5. The molecule has 0 radical (unpaired) electrons. The number of amides is 1. The van der Waals surface area contributed by atoms with Gasteiger partial charge in [0.2, 0.25) is 5.91 Å². The maximum Gasteiger partial charge on any atom is 0.241 e. The van der Waals surface area contributed by atoms with Gasteiger partial charge in [-0.05, 0) is 12.1 Å². The normalized spacial score (nSPS) is 9.29. The zero-order valence-corrected chi connectivity index (χ0v) is 10.2. The minimum Gasteiger partial charge on any atom is -0.495 e. The van der Waals surface area contributed by atoms with Crippen molar-refractivity contribution in [2.24, 2.45) is 0 Å². The highest BCUT2D eigenvalue weighted by Gasteiger charge is 2.10. The number of benzene rings is 1. The van der Waals surface area contributed by atoms with Crippen molar-refractivity contribution in [1.82, 2.24) is 4.90 Å². The van der Waals surface area contributed by atoms with E-state index in [1.807, 2.05) is 0 Å². The molecule has 0 atom stereocenters.